The van der Waals surface area contributed by atoms with Crippen molar-refractivity contribution in [3.05, 3.63) is 65.0 Å². The minimum Gasteiger partial charge on any atom is -0.497 e. The maximum Gasteiger partial charge on any atom is 0.261 e. The highest BCUT2D eigenvalue weighted by atomic mass is 32.2. The van der Waals surface area contributed by atoms with Crippen LogP contribution in [0.5, 0.6) is 5.75 Å². The lowest BCUT2D eigenvalue weighted by atomic mass is 9.78. The van der Waals surface area contributed by atoms with E-state index in [0.717, 1.165) is 24.3 Å². The Morgan fingerprint density at radius 2 is 1.94 bits per heavy atom. The highest BCUT2D eigenvalue weighted by molar-refractivity contribution is 7.85. The molecule has 5 nitrogen and oxygen atoms in total. The van der Waals surface area contributed by atoms with Crippen molar-refractivity contribution in [1.29, 1.82) is 0 Å². The van der Waals surface area contributed by atoms with Crippen LogP contribution in [0.25, 0.3) is 0 Å². The minimum atomic E-state index is -3.67. The molecule has 2 aromatic carbocycles. The zero-order chi connectivity index (χ0) is 22.4. The maximum absolute atomic E-state index is 13.4. The molecule has 1 aliphatic heterocycles. The molecule has 7 heteroatoms. The highest BCUT2D eigenvalue weighted by Gasteiger charge is 2.34. The zero-order valence-electron chi connectivity index (χ0n) is 18.3. The first-order valence-electron chi connectivity index (χ1n) is 10.8. The molecule has 0 radical (unpaired) electrons. The van der Waals surface area contributed by atoms with E-state index in [-0.39, 0.29) is 5.82 Å². The number of aryl methyl sites for hydroxylation is 1. The molecule has 0 aromatic heterocycles. The van der Waals surface area contributed by atoms with Crippen molar-refractivity contribution in [2.45, 2.75) is 50.5 Å². The molecule has 2 unspecified atom stereocenters. The summed E-state index contributed by atoms with van der Waals surface area (Å²) in [4.78, 5) is 2.65. The summed E-state index contributed by atoms with van der Waals surface area (Å²) in [6.07, 6.45) is 7.90. The number of ether oxygens (including phenoxy) is 1. The molecule has 1 saturated heterocycles. The van der Waals surface area contributed by atoms with Gasteiger partial charge in [-0.2, -0.15) is 8.42 Å². The molecule has 0 spiro atoms. The van der Waals surface area contributed by atoms with Crippen molar-refractivity contribution in [2.24, 2.45) is 0 Å². The van der Waals surface area contributed by atoms with Crippen molar-refractivity contribution < 1.29 is 22.1 Å². The van der Waals surface area contributed by atoms with Crippen molar-refractivity contribution in [3.8, 4) is 5.75 Å². The van der Waals surface area contributed by atoms with E-state index in [2.05, 4.69) is 23.1 Å². The lowest BCUT2D eigenvalue weighted by molar-refractivity contribution is 0.215. The van der Waals surface area contributed by atoms with Gasteiger partial charge in [0, 0.05) is 12.6 Å². The van der Waals surface area contributed by atoms with Crippen LogP contribution in [-0.2, 0) is 23.0 Å². The minimum absolute atomic E-state index is 0.129. The standard InChI is InChI=1S/C23H28FNO.CH4O3S/c1-26-20-10-11-21-18(16-20)6-3-8-22(21)23-9-4-13-25(23)14-12-17-5-2-7-19(24)15-17;1-5(2,3)4/h2,5,7,10-11,15-16,22-23H,3-4,6,8-9,12-14H2,1H3;1H3,(H,2,3,4). The summed E-state index contributed by atoms with van der Waals surface area (Å²) in [6, 6.07) is 14.3. The van der Waals surface area contributed by atoms with E-state index in [1.807, 2.05) is 12.1 Å². The average molecular weight is 450 g/mol. The molecule has 1 fully saturated rings. The Balaban J connectivity index is 0.000000491. The van der Waals surface area contributed by atoms with Crippen LogP contribution in [-0.4, -0.2) is 50.4 Å². The van der Waals surface area contributed by atoms with Gasteiger partial charge in [-0.1, -0.05) is 18.2 Å². The Kier molecular flexibility index (Phi) is 8.08. The zero-order valence-corrected chi connectivity index (χ0v) is 19.1. The molecule has 170 valence electrons. The Labute approximate surface area is 185 Å². The van der Waals surface area contributed by atoms with Crippen molar-refractivity contribution >= 4 is 10.1 Å². The van der Waals surface area contributed by atoms with E-state index in [9.17, 15) is 12.8 Å². The normalized spacial score (nSPS) is 21.2. The fourth-order valence-electron chi connectivity index (χ4n) is 4.91. The first-order valence-corrected chi connectivity index (χ1v) is 12.7. The number of methoxy groups -OCH3 is 1. The quantitative estimate of drug-likeness (QED) is 0.683. The average Bonchev–Trinajstić information content (AvgIpc) is 3.18. The molecule has 1 heterocycles. The molecule has 2 aliphatic rings. The van der Waals surface area contributed by atoms with Crippen LogP contribution >= 0.6 is 0 Å². The van der Waals surface area contributed by atoms with E-state index < -0.39 is 10.1 Å². The molecule has 1 N–H and O–H groups in total. The van der Waals surface area contributed by atoms with Gasteiger partial charge in [0.25, 0.3) is 10.1 Å². The van der Waals surface area contributed by atoms with Crippen LogP contribution in [0.4, 0.5) is 4.39 Å². The van der Waals surface area contributed by atoms with E-state index in [1.165, 1.54) is 55.8 Å². The van der Waals surface area contributed by atoms with Crippen LogP contribution in [0, 0.1) is 5.82 Å². The summed E-state index contributed by atoms with van der Waals surface area (Å²) in [5.74, 6) is 1.47. The van der Waals surface area contributed by atoms with Gasteiger partial charge in [0.1, 0.15) is 11.6 Å². The van der Waals surface area contributed by atoms with Gasteiger partial charge < -0.3 is 4.74 Å². The second kappa shape index (κ2) is 10.6. The molecule has 0 amide bonds. The van der Waals surface area contributed by atoms with Crippen LogP contribution < -0.4 is 4.74 Å². The number of nitrogens with zero attached hydrogens (tertiary/aromatic N) is 1. The van der Waals surface area contributed by atoms with Crippen LogP contribution in [0.3, 0.4) is 0 Å². The Morgan fingerprint density at radius 3 is 2.65 bits per heavy atom. The molecular weight excluding hydrogens is 417 g/mol. The summed E-state index contributed by atoms with van der Waals surface area (Å²) in [7, 11) is -1.92. The Bertz CT molecular complexity index is 971. The van der Waals surface area contributed by atoms with Gasteiger partial charge in [-0.15, -0.1) is 0 Å². The van der Waals surface area contributed by atoms with E-state index >= 15 is 0 Å². The number of halogens is 1. The molecule has 0 bridgehead atoms. The molecule has 31 heavy (non-hydrogen) atoms. The van der Waals surface area contributed by atoms with Gasteiger partial charge in [-0.05, 0) is 91.9 Å². The molecule has 1 aliphatic carbocycles. The first kappa shape index (κ1) is 23.7. The number of likely N-dealkylation sites (tertiary alicyclic amines) is 1. The van der Waals surface area contributed by atoms with E-state index in [1.54, 1.807) is 13.2 Å². The van der Waals surface area contributed by atoms with Gasteiger partial charge in [-0.25, -0.2) is 4.39 Å². The third-order valence-corrected chi connectivity index (χ3v) is 6.17. The third-order valence-electron chi connectivity index (χ3n) is 6.17. The van der Waals surface area contributed by atoms with E-state index in [0.29, 0.717) is 18.2 Å². The number of fused-ring (bicyclic) bond motifs is 1. The topological polar surface area (TPSA) is 66.8 Å². The Morgan fingerprint density at radius 1 is 1.16 bits per heavy atom. The predicted molar refractivity (Wildman–Crippen MR) is 121 cm³/mol. The first-order chi connectivity index (χ1) is 14.7. The summed E-state index contributed by atoms with van der Waals surface area (Å²) in [5, 5.41) is 0. The number of benzene rings is 2. The smallest absolute Gasteiger partial charge is 0.261 e. The van der Waals surface area contributed by atoms with Gasteiger partial charge in [0.15, 0.2) is 0 Å². The summed E-state index contributed by atoms with van der Waals surface area (Å²) in [5.41, 5.74) is 4.10. The largest absolute Gasteiger partial charge is 0.497 e. The van der Waals surface area contributed by atoms with Crippen LogP contribution in [0.15, 0.2) is 42.5 Å². The number of rotatable bonds is 5. The third kappa shape index (κ3) is 7.02. The lowest BCUT2D eigenvalue weighted by Gasteiger charge is -2.36. The van der Waals surface area contributed by atoms with Crippen molar-refractivity contribution in [1.82, 2.24) is 4.90 Å². The van der Waals surface area contributed by atoms with Gasteiger partial charge >= 0.3 is 0 Å². The second-order valence-corrected chi connectivity index (χ2v) is 9.89. The SMILES string of the molecule is COc1ccc2c(c1)CCCC2C1CCCN1CCc1cccc(F)c1.CS(=O)(=O)O. The predicted octanol–water partition coefficient (Wildman–Crippen LogP) is 4.47. The Hall–Kier alpha value is -1.96. The van der Waals surface area contributed by atoms with Crippen LogP contribution in [0.2, 0.25) is 0 Å². The molecule has 4 rings (SSSR count). The summed E-state index contributed by atoms with van der Waals surface area (Å²) in [6.45, 7) is 2.19. The van der Waals surface area contributed by atoms with Crippen LogP contribution in [0.1, 0.15) is 48.3 Å². The fourth-order valence-corrected chi connectivity index (χ4v) is 4.91. The summed E-state index contributed by atoms with van der Waals surface area (Å²) < 4.78 is 44.7. The van der Waals surface area contributed by atoms with Gasteiger partial charge in [0.2, 0.25) is 0 Å². The van der Waals surface area contributed by atoms with E-state index in [4.69, 9.17) is 9.29 Å². The number of hydrogen-bond donors (Lipinski definition) is 1. The molecule has 2 aromatic rings. The fraction of sp³-hybridized carbons (Fsp3) is 0.500. The lowest BCUT2D eigenvalue weighted by Crippen LogP contribution is -2.37. The van der Waals surface area contributed by atoms with Crippen molar-refractivity contribution in [2.75, 3.05) is 26.5 Å². The molecule has 0 saturated carbocycles. The summed E-state index contributed by atoms with van der Waals surface area (Å²) >= 11 is 0. The number of hydrogen-bond acceptors (Lipinski definition) is 4. The molecular formula is C24H32FNO4S. The van der Waals surface area contributed by atoms with Gasteiger partial charge in [0.05, 0.1) is 13.4 Å². The molecule has 2 atom stereocenters. The monoisotopic (exact) mass is 449 g/mol. The second-order valence-electron chi connectivity index (χ2n) is 8.42. The highest BCUT2D eigenvalue weighted by Crippen LogP contribution is 2.40. The van der Waals surface area contributed by atoms with Crippen molar-refractivity contribution in [3.63, 3.8) is 0 Å². The maximum atomic E-state index is 13.4. The van der Waals surface area contributed by atoms with Gasteiger partial charge in [-0.3, -0.25) is 9.45 Å².